The fourth-order valence-corrected chi connectivity index (χ4v) is 6.70. The van der Waals surface area contributed by atoms with Gasteiger partial charge in [-0.2, -0.15) is 5.10 Å². The van der Waals surface area contributed by atoms with E-state index in [0.717, 1.165) is 58.2 Å². The van der Waals surface area contributed by atoms with Crippen LogP contribution in [0.2, 0.25) is 0 Å². The number of rotatable bonds is 5. The van der Waals surface area contributed by atoms with Crippen molar-refractivity contribution in [2.45, 2.75) is 65.2 Å². The lowest BCUT2D eigenvalue weighted by atomic mass is 9.74. The first-order chi connectivity index (χ1) is 25.7. The standard InChI is InChI=1S/C33H27NO2.C7H9N3.C4H8.C3H8/c1-33(2)26-9-4-3-8-25(26)31-27(33)15-17-29-32(31)36-28-16-14-23(20-30(28)35-29)22-12-10-21(11-13-22)19-24-7-5-6-18-34-24;8-7(10-9)6-4-2-1-3-5-6;1-3-4-2;1-3-2/h3-18,20,25-26H,19H2,1-2H3;1-5H,9H2,(H2,8,10);3H,1,4H2,2H3;3H2,1-2H3. The van der Waals surface area contributed by atoms with Gasteiger partial charge in [0.2, 0.25) is 0 Å². The van der Waals surface area contributed by atoms with Crippen molar-refractivity contribution < 1.29 is 9.47 Å². The third-order valence-corrected chi connectivity index (χ3v) is 9.43. The molecule has 2 heterocycles. The molecule has 2 aliphatic carbocycles. The van der Waals surface area contributed by atoms with E-state index in [2.05, 4.69) is 130 Å². The highest BCUT2D eigenvalue weighted by Crippen LogP contribution is 2.60. The van der Waals surface area contributed by atoms with E-state index in [-0.39, 0.29) is 5.41 Å². The summed E-state index contributed by atoms with van der Waals surface area (Å²) in [6, 6.07) is 34.6. The van der Waals surface area contributed by atoms with Crippen LogP contribution in [0.25, 0.3) is 11.1 Å². The quantitative estimate of drug-likeness (QED) is 0.0612. The van der Waals surface area contributed by atoms with Crippen molar-refractivity contribution in [3.8, 4) is 34.1 Å². The molecular weight excluding hydrogens is 653 g/mol. The van der Waals surface area contributed by atoms with Crippen LogP contribution in [0.4, 0.5) is 0 Å². The number of nitrogens with zero attached hydrogens (tertiary/aromatic N) is 2. The fourth-order valence-electron chi connectivity index (χ4n) is 6.70. The average molecular weight is 705 g/mol. The van der Waals surface area contributed by atoms with Crippen LogP contribution in [-0.2, 0) is 11.8 Å². The van der Waals surface area contributed by atoms with Gasteiger partial charge in [0, 0.05) is 35.4 Å². The predicted octanol–water partition coefficient (Wildman–Crippen LogP) is 11.6. The Morgan fingerprint density at radius 3 is 2.13 bits per heavy atom. The second kappa shape index (κ2) is 18.1. The molecular formula is C47H52N4O2. The molecule has 3 aliphatic rings. The molecule has 4 aromatic carbocycles. The van der Waals surface area contributed by atoms with Gasteiger partial charge in [-0.15, -0.1) is 6.58 Å². The molecule has 5 aromatic rings. The van der Waals surface area contributed by atoms with E-state index in [9.17, 15) is 0 Å². The Labute approximate surface area is 315 Å². The van der Waals surface area contributed by atoms with Gasteiger partial charge in [-0.1, -0.05) is 144 Å². The minimum absolute atomic E-state index is 0.0481. The van der Waals surface area contributed by atoms with Crippen molar-refractivity contribution in [3.05, 3.63) is 174 Å². The number of allylic oxidation sites excluding steroid dienone is 5. The summed E-state index contributed by atoms with van der Waals surface area (Å²) < 4.78 is 13.0. The summed E-state index contributed by atoms with van der Waals surface area (Å²) in [6.45, 7) is 14.5. The number of benzene rings is 4. The van der Waals surface area contributed by atoms with Gasteiger partial charge < -0.3 is 21.1 Å². The van der Waals surface area contributed by atoms with Crippen LogP contribution in [-0.4, -0.2) is 10.8 Å². The monoisotopic (exact) mass is 704 g/mol. The van der Waals surface area contributed by atoms with Gasteiger partial charge in [0.25, 0.3) is 0 Å². The Bertz CT molecular complexity index is 2050. The van der Waals surface area contributed by atoms with Crippen molar-refractivity contribution in [2.24, 2.45) is 22.6 Å². The molecule has 4 N–H and O–H groups in total. The number of hydrazone groups is 1. The van der Waals surface area contributed by atoms with Crippen LogP contribution < -0.4 is 21.1 Å². The smallest absolute Gasteiger partial charge is 0.174 e. The molecule has 2 unspecified atom stereocenters. The summed E-state index contributed by atoms with van der Waals surface area (Å²) in [4.78, 5) is 4.44. The highest BCUT2D eigenvalue weighted by atomic mass is 16.6. The van der Waals surface area contributed by atoms with E-state index in [1.165, 1.54) is 23.1 Å². The zero-order chi connectivity index (χ0) is 37.8. The lowest BCUT2D eigenvalue weighted by Crippen LogP contribution is -2.24. The number of aromatic nitrogens is 1. The second-order valence-corrected chi connectivity index (χ2v) is 13.7. The van der Waals surface area contributed by atoms with Gasteiger partial charge in [-0.25, -0.2) is 0 Å². The Hall–Kier alpha value is -5.88. The molecule has 2 atom stereocenters. The van der Waals surface area contributed by atoms with Gasteiger partial charge in [0.1, 0.15) is 5.84 Å². The minimum atomic E-state index is 0.0481. The number of hydrogen-bond acceptors (Lipinski definition) is 5. The Morgan fingerprint density at radius 1 is 0.811 bits per heavy atom. The molecule has 0 amide bonds. The topological polar surface area (TPSA) is 95.8 Å². The van der Waals surface area contributed by atoms with Crippen LogP contribution in [0.15, 0.2) is 151 Å². The molecule has 0 saturated carbocycles. The molecule has 0 bridgehead atoms. The summed E-state index contributed by atoms with van der Waals surface area (Å²) in [5.41, 5.74) is 13.5. The molecule has 0 radical (unpaired) electrons. The molecule has 1 aromatic heterocycles. The fraction of sp³-hybridized carbons (Fsp3) is 0.234. The van der Waals surface area contributed by atoms with Crippen LogP contribution in [0.5, 0.6) is 23.0 Å². The molecule has 0 fully saturated rings. The zero-order valence-corrected chi connectivity index (χ0v) is 31.6. The van der Waals surface area contributed by atoms with E-state index in [1.807, 2.05) is 60.8 Å². The zero-order valence-electron chi connectivity index (χ0n) is 31.6. The molecule has 1 aliphatic heterocycles. The average Bonchev–Trinajstić information content (AvgIpc) is 3.44. The Balaban J connectivity index is 0.000000266. The molecule has 0 saturated heterocycles. The van der Waals surface area contributed by atoms with Gasteiger partial charge >= 0.3 is 0 Å². The first-order valence-electron chi connectivity index (χ1n) is 18.5. The third-order valence-electron chi connectivity index (χ3n) is 9.43. The number of fused-ring (bicyclic) bond motifs is 6. The van der Waals surface area contributed by atoms with Crippen molar-refractivity contribution in [3.63, 3.8) is 0 Å². The molecule has 8 rings (SSSR count). The van der Waals surface area contributed by atoms with Crippen molar-refractivity contribution in [2.75, 3.05) is 0 Å². The summed E-state index contributed by atoms with van der Waals surface area (Å²) >= 11 is 0. The van der Waals surface area contributed by atoms with Gasteiger partial charge in [0.05, 0.1) is 0 Å². The number of pyridine rings is 1. The van der Waals surface area contributed by atoms with Crippen molar-refractivity contribution in [1.29, 1.82) is 0 Å². The first kappa shape index (κ1) is 38.4. The van der Waals surface area contributed by atoms with Gasteiger partial charge in [-0.3, -0.25) is 4.98 Å². The van der Waals surface area contributed by atoms with Crippen LogP contribution in [0, 0.1) is 5.92 Å². The number of ether oxygens (including phenoxy) is 2. The van der Waals surface area contributed by atoms with E-state index in [0.29, 0.717) is 17.7 Å². The summed E-state index contributed by atoms with van der Waals surface area (Å²) in [6.07, 6.45) is 15.8. The van der Waals surface area contributed by atoms with Crippen LogP contribution >= 0.6 is 0 Å². The normalized spacial score (nSPS) is 16.5. The molecule has 6 nitrogen and oxygen atoms in total. The second-order valence-electron chi connectivity index (χ2n) is 13.7. The SMILES string of the molecule is C=CCC.CC1(C)c2ccc3c(c2C2C=CC=CC21)Oc1ccc(-c2ccc(Cc4ccccn4)cc2)cc1O3.CCC.N/N=C(\N)c1ccccc1. The maximum atomic E-state index is 6.55. The van der Waals surface area contributed by atoms with Crippen molar-refractivity contribution >= 4 is 5.84 Å². The lowest BCUT2D eigenvalue weighted by Gasteiger charge is -2.29. The molecule has 53 heavy (non-hydrogen) atoms. The van der Waals surface area contributed by atoms with E-state index in [1.54, 1.807) is 0 Å². The molecule has 272 valence electrons. The third kappa shape index (κ3) is 8.96. The highest BCUT2D eigenvalue weighted by molar-refractivity contribution is 5.97. The maximum Gasteiger partial charge on any atom is 0.174 e. The van der Waals surface area contributed by atoms with Gasteiger partial charge in [-0.05, 0) is 70.3 Å². The summed E-state index contributed by atoms with van der Waals surface area (Å²) in [5, 5.41) is 3.35. The first-order valence-corrected chi connectivity index (χ1v) is 18.5. The largest absolute Gasteiger partial charge is 0.449 e. The Morgan fingerprint density at radius 2 is 1.47 bits per heavy atom. The highest BCUT2D eigenvalue weighted by Gasteiger charge is 2.47. The van der Waals surface area contributed by atoms with Crippen molar-refractivity contribution in [1.82, 2.24) is 4.98 Å². The van der Waals surface area contributed by atoms with Crippen LogP contribution in [0.1, 0.15) is 81.3 Å². The van der Waals surface area contributed by atoms with E-state index < -0.39 is 0 Å². The number of hydrogen-bond donors (Lipinski definition) is 2. The summed E-state index contributed by atoms with van der Waals surface area (Å²) in [5.74, 6) is 9.25. The Kier molecular flexibility index (Phi) is 13.1. The predicted molar refractivity (Wildman–Crippen MR) is 221 cm³/mol. The van der Waals surface area contributed by atoms with Gasteiger partial charge in [0.15, 0.2) is 23.0 Å². The summed E-state index contributed by atoms with van der Waals surface area (Å²) in [7, 11) is 0. The number of amidine groups is 1. The lowest BCUT2D eigenvalue weighted by molar-refractivity contribution is 0.354. The van der Waals surface area contributed by atoms with E-state index >= 15 is 0 Å². The van der Waals surface area contributed by atoms with Crippen LogP contribution in [0.3, 0.4) is 0 Å². The molecule has 6 heteroatoms. The maximum absolute atomic E-state index is 6.55. The number of nitrogens with two attached hydrogens (primary N) is 2. The van der Waals surface area contributed by atoms with E-state index in [4.69, 9.17) is 21.1 Å². The molecule has 0 spiro atoms. The minimum Gasteiger partial charge on any atom is -0.449 e.